The molecule has 7 N–H and O–H groups in total. The van der Waals surface area contributed by atoms with Crippen molar-refractivity contribution in [1.29, 1.82) is 0 Å². The monoisotopic (exact) mass is 965 g/mol. The molecule has 0 saturated heterocycles. The summed E-state index contributed by atoms with van der Waals surface area (Å²) in [7, 11) is -2.62. The van der Waals surface area contributed by atoms with Crippen molar-refractivity contribution in [2.24, 2.45) is 11.5 Å². The van der Waals surface area contributed by atoms with E-state index in [0.717, 1.165) is 70.2 Å². The molecule has 65 heavy (non-hydrogen) atoms. The third kappa shape index (κ3) is 43.6. The molecule has 0 saturated carbocycles. The summed E-state index contributed by atoms with van der Waals surface area (Å²) in [5, 5.41) is 8.52. The highest BCUT2D eigenvalue weighted by molar-refractivity contribution is 6.76. The summed E-state index contributed by atoms with van der Waals surface area (Å²) >= 11 is 0. The van der Waals surface area contributed by atoms with Crippen LogP contribution in [-0.2, 0) is 52.3 Å². The molecule has 0 bridgehead atoms. The Labute approximate surface area is 393 Å². The maximum atomic E-state index is 12.4. The summed E-state index contributed by atoms with van der Waals surface area (Å²) in [6.07, 6.45) is 5.89. The molecule has 0 radical (unpaired) electrons. The molecule has 0 aliphatic heterocycles. The van der Waals surface area contributed by atoms with Crippen LogP contribution >= 0.6 is 0 Å². The smallest absolute Gasteiger partial charge is 0.407 e. The quantitative estimate of drug-likeness (QED) is 0.0247. The summed E-state index contributed by atoms with van der Waals surface area (Å²) in [4.78, 5) is 63.1. The summed E-state index contributed by atoms with van der Waals surface area (Å²) in [5.41, 5.74) is 11.4. The van der Waals surface area contributed by atoms with E-state index < -0.39 is 51.9 Å². The number of unbranched alkanes of at least 4 members (excludes halogenated alkanes) is 4. The molecule has 0 aliphatic rings. The highest BCUT2D eigenvalue weighted by Gasteiger charge is 2.21. The van der Waals surface area contributed by atoms with Crippen LogP contribution in [0.2, 0.25) is 51.4 Å². The second-order valence-electron chi connectivity index (χ2n) is 19.8. The normalized spacial score (nSPS) is 13.0. The SMILES string of the molecule is CC(C)(C)OC(=O)NCCOCCOCCOCCOCCN(CCCCCNC(=O)CC[C@H](N)C(=O)OCC[Si](C)(C)C)CCCCCNC(=O)CC[C@H](N)C(=O)OCC[Si](C)(C)C. The van der Waals surface area contributed by atoms with Gasteiger partial charge in [0.05, 0.1) is 66.1 Å². The summed E-state index contributed by atoms with van der Waals surface area (Å²) in [6, 6.07) is 0.162. The van der Waals surface area contributed by atoms with Crippen LogP contribution in [0, 0.1) is 0 Å². The Hall–Kier alpha value is -2.70. The number of alkyl carbamates (subject to hydrolysis) is 1. The average molecular weight is 965 g/mol. The molecule has 18 nitrogen and oxygen atoms in total. The molecule has 0 fully saturated rings. The zero-order valence-electron chi connectivity index (χ0n) is 42.0. The van der Waals surface area contributed by atoms with Crippen LogP contribution in [-0.4, -0.2) is 174 Å². The summed E-state index contributed by atoms with van der Waals surface area (Å²) in [5.74, 6) is -1.13. The van der Waals surface area contributed by atoms with Crippen LogP contribution in [0.15, 0.2) is 0 Å². The second kappa shape index (κ2) is 37.3. The van der Waals surface area contributed by atoms with Crippen LogP contribution in [0.25, 0.3) is 0 Å². The fourth-order valence-electron chi connectivity index (χ4n) is 5.68. The van der Waals surface area contributed by atoms with Crippen LogP contribution < -0.4 is 27.4 Å². The zero-order valence-corrected chi connectivity index (χ0v) is 44.0. The molecule has 0 heterocycles. The first-order chi connectivity index (χ1) is 30.6. The zero-order chi connectivity index (χ0) is 49.0. The molecule has 0 aliphatic carbocycles. The molecule has 3 amide bonds. The van der Waals surface area contributed by atoms with Crippen molar-refractivity contribution in [2.45, 2.75) is 154 Å². The molecule has 0 rings (SSSR count). The van der Waals surface area contributed by atoms with Gasteiger partial charge in [-0.2, -0.15) is 0 Å². The van der Waals surface area contributed by atoms with E-state index in [9.17, 15) is 24.0 Å². The predicted octanol–water partition coefficient (Wildman–Crippen LogP) is 4.43. The molecule has 0 aromatic rings. The van der Waals surface area contributed by atoms with E-state index in [0.29, 0.717) is 85.7 Å². The molecule has 382 valence electrons. The van der Waals surface area contributed by atoms with Crippen molar-refractivity contribution in [3.63, 3.8) is 0 Å². The number of nitrogens with one attached hydrogen (secondary N) is 3. The molecular weight excluding hydrogens is 873 g/mol. The lowest BCUT2D eigenvalue weighted by Crippen LogP contribution is -2.35. The Bertz CT molecular complexity index is 1220. The van der Waals surface area contributed by atoms with E-state index >= 15 is 0 Å². The number of esters is 2. The third-order valence-corrected chi connectivity index (χ3v) is 13.1. The van der Waals surface area contributed by atoms with Crippen molar-refractivity contribution in [2.75, 3.05) is 105 Å². The number of carbonyl (C=O) groups excluding carboxylic acids is 5. The van der Waals surface area contributed by atoms with Crippen molar-refractivity contribution < 1.29 is 57.1 Å². The van der Waals surface area contributed by atoms with Gasteiger partial charge in [0, 0.05) is 55.2 Å². The van der Waals surface area contributed by atoms with Crippen LogP contribution in [0.4, 0.5) is 4.79 Å². The average Bonchev–Trinajstić information content (AvgIpc) is 3.20. The lowest BCUT2D eigenvalue weighted by molar-refractivity contribution is -0.145. The number of carbonyl (C=O) groups is 5. The number of nitrogens with zero attached hydrogens (tertiary/aromatic N) is 1. The van der Waals surface area contributed by atoms with Gasteiger partial charge in [0.15, 0.2) is 0 Å². The van der Waals surface area contributed by atoms with E-state index in [-0.39, 0.29) is 37.5 Å². The maximum Gasteiger partial charge on any atom is 0.407 e. The predicted molar refractivity (Wildman–Crippen MR) is 260 cm³/mol. The van der Waals surface area contributed by atoms with Gasteiger partial charge < -0.3 is 65.5 Å². The first-order valence-corrected chi connectivity index (χ1v) is 31.4. The van der Waals surface area contributed by atoms with Gasteiger partial charge in [0.25, 0.3) is 0 Å². The fourth-order valence-corrected chi connectivity index (χ4v) is 7.10. The van der Waals surface area contributed by atoms with Gasteiger partial charge in [-0.1, -0.05) is 52.1 Å². The van der Waals surface area contributed by atoms with E-state index in [2.05, 4.69) is 60.1 Å². The van der Waals surface area contributed by atoms with E-state index in [1.54, 1.807) is 0 Å². The number of nitrogens with two attached hydrogens (primary N) is 2. The van der Waals surface area contributed by atoms with Crippen LogP contribution in [0.3, 0.4) is 0 Å². The number of hydrogen-bond acceptors (Lipinski definition) is 15. The lowest BCUT2D eigenvalue weighted by Gasteiger charge is -2.22. The third-order valence-electron chi connectivity index (χ3n) is 9.69. The largest absolute Gasteiger partial charge is 0.465 e. The second-order valence-corrected chi connectivity index (χ2v) is 31.0. The van der Waals surface area contributed by atoms with Crippen molar-refractivity contribution in [3.05, 3.63) is 0 Å². The van der Waals surface area contributed by atoms with E-state index in [4.69, 9.17) is 44.6 Å². The van der Waals surface area contributed by atoms with Gasteiger partial charge in [-0.25, -0.2) is 4.79 Å². The van der Waals surface area contributed by atoms with Crippen molar-refractivity contribution >= 4 is 46.0 Å². The first kappa shape index (κ1) is 62.3. The fraction of sp³-hybridized carbons (Fsp3) is 0.889. The Morgan fingerprint density at radius 1 is 0.508 bits per heavy atom. The maximum absolute atomic E-state index is 12.4. The molecule has 0 unspecified atom stereocenters. The Morgan fingerprint density at radius 2 is 0.908 bits per heavy atom. The highest BCUT2D eigenvalue weighted by atomic mass is 28.3. The van der Waals surface area contributed by atoms with E-state index in [1.165, 1.54) is 0 Å². The minimum atomic E-state index is -1.31. The molecular formula is C45H92N6O12Si2. The Balaban J connectivity index is 4.44. The molecule has 2 atom stereocenters. The topological polar surface area (TPSA) is 241 Å². The standard InChI is InChI=1S/C45H92N6O12Si2/c1-45(2,3)63-44(56)50-22-26-57-28-30-59-32-33-60-31-29-58-27-25-51(23-14-10-12-20-48-40(52)18-16-38(46)42(54)61-34-36-64(4,5)6)24-15-11-13-21-49-41(53)19-17-39(47)43(55)62-35-37-65(7,8)9/h38-39H,10-37,46-47H2,1-9H3,(H,48,52)(H,49,53)(H,50,56)/t38-,39-/m0/s1. The number of hydrogen-bond donors (Lipinski definition) is 5. The molecule has 0 aromatic carbocycles. The first-order valence-electron chi connectivity index (χ1n) is 24.0. The minimum Gasteiger partial charge on any atom is -0.465 e. The lowest BCUT2D eigenvalue weighted by atomic mass is 10.1. The van der Waals surface area contributed by atoms with Gasteiger partial charge in [-0.3, -0.25) is 19.2 Å². The van der Waals surface area contributed by atoms with Crippen LogP contribution in [0.5, 0.6) is 0 Å². The van der Waals surface area contributed by atoms with Gasteiger partial charge >= 0.3 is 18.0 Å². The molecule has 0 spiro atoms. The van der Waals surface area contributed by atoms with Gasteiger partial charge in [0.1, 0.15) is 17.7 Å². The van der Waals surface area contributed by atoms with E-state index in [1.807, 2.05) is 20.8 Å². The summed E-state index contributed by atoms with van der Waals surface area (Å²) in [6.45, 7) is 27.1. The Kier molecular flexibility index (Phi) is 35.8. The van der Waals surface area contributed by atoms with Crippen molar-refractivity contribution in [3.8, 4) is 0 Å². The van der Waals surface area contributed by atoms with Gasteiger partial charge in [-0.15, -0.1) is 0 Å². The van der Waals surface area contributed by atoms with Crippen LogP contribution in [0.1, 0.15) is 85.0 Å². The number of amides is 3. The molecule has 20 heteroatoms. The van der Waals surface area contributed by atoms with Gasteiger partial charge in [0.2, 0.25) is 11.8 Å². The minimum absolute atomic E-state index is 0.119. The number of rotatable bonds is 41. The number of ether oxygens (including phenoxy) is 7. The highest BCUT2D eigenvalue weighted by Crippen LogP contribution is 2.10. The summed E-state index contributed by atoms with van der Waals surface area (Å²) < 4.78 is 38.3. The van der Waals surface area contributed by atoms with Gasteiger partial charge in [-0.05, 0) is 84.5 Å². The Morgan fingerprint density at radius 3 is 1.31 bits per heavy atom. The van der Waals surface area contributed by atoms with Crippen molar-refractivity contribution in [1.82, 2.24) is 20.9 Å². The molecule has 0 aromatic heterocycles.